The number of fused-ring (bicyclic) bond motifs is 6. The number of thiophene rings is 1. The van der Waals surface area contributed by atoms with E-state index >= 15 is 0 Å². The second-order valence-corrected chi connectivity index (χ2v) is 14.0. The number of anilines is 3. The van der Waals surface area contributed by atoms with E-state index in [4.69, 9.17) is 0 Å². The van der Waals surface area contributed by atoms with Gasteiger partial charge in [-0.25, -0.2) is 0 Å². The van der Waals surface area contributed by atoms with Crippen LogP contribution >= 0.6 is 11.3 Å². The molecule has 0 saturated heterocycles. The summed E-state index contributed by atoms with van der Waals surface area (Å²) in [4.78, 5) is 2.43. The highest BCUT2D eigenvalue weighted by Gasteiger charge is 2.19. The lowest BCUT2D eigenvalue weighted by Crippen LogP contribution is -2.10. The molecule has 0 N–H and O–H groups in total. The van der Waals surface area contributed by atoms with Crippen LogP contribution in [-0.2, 0) is 0 Å². The van der Waals surface area contributed by atoms with E-state index in [2.05, 4.69) is 193 Å². The first-order valence-corrected chi connectivity index (χ1v) is 17.9. The lowest BCUT2D eigenvalue weighted by atomic mass is 9.96. The van der Waals surface area contributed by atoms with Crippen molar-refractivity contribution >= 4 is 80.9 Å². The lowest BCUT2D eigenvalue weighted by molar-refractivity contribution is 1.30. The molecule has 0 unspecified atom stereocenters. The van der Waals surface area contributed by atoms with Gasteiger partial charge in [0.1, 0.15) is 0 Å². The van der Waals surface area contributed by atoms with Gasteiger partial charge in [-0.05, 0) is 91.6 Å². The second-order valence-electron chi connectivity index (χ2n) is 12.9. The zero-order chi connectivity index (χ0) is 33.0. The van der Waals surface area contributed by atoms with E-state index in [1.807, 2.05) is 11.3 Å². The Bertz CT molecular complexity index is 2860. The van der Waals surface area contributed by atoms with Gasteiger partial charge in [0, 0.05) is 36.9 Å². The maximum atomic E-state index is 2.43. The molecule has 1 nitrogen and oxygen atoms in total. The second kappa shape index (κ2) is 11.7. The Hall–Kier alpha value is -6.22. The Kier molecular flexibility index (Phi) is 6.75. The average molecular weight is 654 g/mol. The predicted octanol–water partition coefficient (Wildman–Crippen LogP) is 14.3. The zero-order valence-electron chi connectivity index (χ0n) is 27.3. The largest absolute Gasteiger partial charge is 0.310 e. The van der Waals surface area contributed by atoms with E-state index in [0.29, 0.717) is 0 Å². The fraction of sp³-hybridized carbons (Fsp3) is 0. The van der Waals surface area contributed by atoms with E-state index in [9.17, 15) is 0 Å². The van der Waals surface area contributed by atoms with Crippen molar-refractivity contribution in [3.05, 3.63) is 188 Å². The molecule has 9 aromatic carbocycles. The van der Waals surface area contributed by atoms with Crippen molar-refractivity contribution in [1.82, 2.24) is 0 Å². The molecule has 0 aliphatic rings. The van der Waals surface area contributed by atoms with Crippen LogP contribution in [0.5, 0.6) is 0 Å². The van der Waals surface area contributed by atoms with Crippen molar-refractivity contribution < 1.29 is 0 Å². The van der Waals surface area contributed by atoms with Crippen molar-refractivity contribution in [1.29, 1.82) is 0 Å². The summed E-state index contributed by atoms with van der Waals surface area (Å²) in [5, 5.41) is 10.2. The first-order valence-electron chi connectivity index (χ1n) is 17.1. The molecule has 10 rings (SSSR count). The minimum Gasteiger partial charge on any atom is -0.310 e. The number of hydrogen-bond donors (Lipinski definition) is 0. The normalized spacial score (nSPS) is 11.6. The molecule has 10 aromatic rings. The van der Waals surface area contributed by atoms with Gasteiger partial charge < -0.3 is 4.90 Å². The standard InChI is InChI=1S/C48H31NS/c1-2-11-32(12-3-1)41-27-28-46(43-19-9-8-18-42(41)43)49(37-23-21-34(22-24-37)40-20-10-16-33-13-6-7-17-39(33)40)38-25-26-44-45-29-35-14-4-5-15-36(35)30-47(45)50-48(44)31-38/h1-31H. The highest BCUT2D eigenvalue weighted by molar-refractivity contribution is 7.25. The average Bonchev–Trinajstić information content (AvgIpc) is 3.54. The molecule has 0 bridgehead atoms. The summed E-state index contributed by atoms with van der Waals surface area (Å²) in [7, 11) is 0. The molecule has 0 fully saturated rings. The molecule has 50 heavy (non-hydrogen) atoms. The molecule has 0 radical (unpaired) electrons. The minimum absolute atomic E-state index is 1.12. The Morgan fingerprint density at radius 1 is 0.320 bits per heavy atom. The molecule has 0 spiro atoms. The minimum atomic E-state index is 1.12. The topological polar surface area (TPSA) is 3.24 Å². The molecule has 1 heterocycles. The van der Waals surface area contributed by atoms with Crippen LogP contribution in [0.1, 0.15) is 0 Å². The molecule has 0 aliphatic carbocycles. The van der Waals surface area contributed by atoms with Gasteiger partial charge in [0.15, 0.2) is 0 Å². The fourth-order valence-electron chi connectivity index (χ4n) is 7.63. The monoisotopic (exact) mass is 653 g/mol. The molecule has 0 amide bonds. The number of benzene rings is 9. The van der Waals surface area contributed by atoms with Crippen molar-refractivity contribution in [2.75, 3.05) is 4.90 Å². The summed E-state index contributed by atoms with van der Waals surface area (Å²) < 4.78 is 2.61. The van der Waals surface area contributed by atoms with Gasteiger partial charge in [-0.15, -0.1) is 11.3 Å². The van der Waals surface area contributed by atoms with Crippen LogP contribution in [0.2, 0.25) is 0 Å². The van der Waals surface area contributed by atoms with Gasteiger partial charge in [0.25, 0.3) is 0 Å². The first-order chi connectivity index (χ1) is 24.8. The van der Waals surface area contributed by atoms with Crippen LogP contribution in [0, 0.1) is 0 Å². The molecule has 0 aliphatic heterocycles. The maximum absolute atomic E-state index is 2.43. The predicted molar refractivity (Wildman–Crippen MR) is 217 cm³/mol. The molecule has 0 atom stereocenters. The van der Waals surface area contributed by atoms with E-state index < -0.39 is 0 Å². The highest BCUT2D eigenvalue weighted by atomic mass is 32.1. The Morgan fingerprint density at radius 2 is 0.920 bits per heavy atom. The summed E-state index contributed by atoms with van der Waals surface area (Å²) in [6, 6.07) is 68.7. The third-order valence-corrected chi connectivity index (χ3v) is 11.1. The summed E-state index contributed by atoms with van der Waals surface area (Å²) in [5.41, 5.74) is 8.34. The molecular weight excluding hydrogens is 623 g/mol. The molecule has 234 valence electrons. The zero-order valence-corrected chi connectivity index (χ0v) is 28.1. The van der Waals surface area contributed by atoms with E-state index in [0.717, 1.165) is 17.1 Å². The van der Waals surface area contributed by atoms with Crippen LogP contribution in [0.25, 0.3) is 74.7 Å². The molecule has 0 saturated carbocycles. The molecular formula is C48H31NS. The smallest absolute Gasteiger partial charge is 0.0540 e. The fourth-order valence-corrected chi connectivity index (χ4v) is 8.80. The van der Waals surface area contributed by atoms with Gasteiger partial charge >= 0.3 is 0 Å². The highest BCUT2D eigenvalue weighted by Crippen LogP contribution is 2.45. The Morgan fingerprint density at radius 3 is 1.74 bits per heavy atom. The van der Waals surface area contributed by atoms with E-state index in [1.165, 1.54) is 74.7 Å². The van der Waals surface area contributed by atoms with Gasteiger partial charge in [0.05, 0.1) is 5.69 Å². The van der Waals surface area contributed by atoms with Gasteiger partial charge in [-0.3, -0.25) is 0 Å². The lowest BCUT2D eigenvalue weighted by Gasteiger charge is -2.28. The summed E-state index contributed by atoms with van der Waals surface area (Å²) in [6.45, 7) is 0. The third-order valence-electron chi connectivity index (χ3n) is 10.0. The quantitative estimate of drug-likeness (QED) is 0.179. The molecule has 1 aromatic heterocycles. The Labute approximate surface area is 294 Å². The van der Waals surface area contributed by atoms with E-state index in [1.54, 1.807) is 0 Å². The van der Waals surface area contributed by atoms with Crippen molar-refractivity contribution in [2.24, 2.45) is 0 Å². The SMILES string of the molecule is c1ccc(-c2ccc(N(c3ccc(-c4cccc5ccccc45)cc3)c3ccc4c(c3)sc3cc5ccccc5cc34)c3ccccc23)cc1. The van der Waals surface area contributed by atoms with Crippen molar-refractivity contribution in [3.8, 4) is 22.3 Å². The van der Waals surface area contributed by atoms with Gasteiger partial charge in [-0.2, -0.15) is 0 Å². The van der Waals surface area contributed by atoms with Gasteiger partial charge in [-0.1, -0.05) is 146 Å². The Balaban J connectivity index is 1.17. The number of hydrogen-bond acceptors (Lipinski definition) is 2. The van der Waals surface area contributed by atoms with E-state index in [-0.39, 0.29) is 0 Å². The maximum Gasteiger partial charge on any atom is 0.0540 e. The van der Waals surface area contributed by atoms with Crippen LogP contribution < -0.4 is 4.90 Å². The summed E-state index contributed by atoms with van der Waals surface area (Å²) in [5.74, 6) is 0. The van der Waals surface area contributed by atoms with Crippen LogP contribution in [0.15, 0.2) is 188 Å². The molecule has 2 heteroatoms. The number of nitrogens with zero attached hydrogens (tertiary/aromatic N) is 1. The summed E-state index contributed by atoms with van der Waals surface area (Å²) in [6.07, 6.45) is 0. The first kappa shape index (κ1) is 28.8. The van der Waals surface area contributed by atoms with Crippen LogP contribution in [0.4, 0.5) is 17.1 Å². The summed E-state index contributed by atoms with van der Waals surface area (Å²) >= 11 is 1.88. The van der Waals surface area contributed by atoms with Gasteiger partial charge in [0.2, 0.25) is 0 Å². The van der Waals surface area contributed by atoms with Crippen molar-refractivity contribution in [2.45, 2.75) is 0 Å². The number of rotatable bonds is 5. The van der Waals surface area contributed by atoms with Crippen LogP contribution in [0.3, 0.4) is 0 Å². The van der Waals surface area contributed by atoms with Crippen molar-refractivity contribution in [3.63, 3.8) is 0 Å². The third kappa shape index (κ3) is 4.76. The van der Waals surface area contributed by atoms with Crippen LogP contribution in [-0.4, -0.2) is 0 Å².